The Labute approximate surface area is 134 Å². The van der Waals surface area contributed by atoms with Crippen LogP contribution >= 0.6 is 0 Å². The normalized spacial score (nSPS) is 22.0. The Hall–Kier alpha value is -0.850. The van der Waals surface area contributed by atoms with Crippen molar-refractivity contribution in [3.05, 3.63) is 0 Å². The molecule has 6 nitrogen and oxygen atoms in total. The van der Waals surface area contributed by atoms with Gasteiger partial charge in [0.05, 0.1) is 19.8 Å². The van der Waals surface area contributed by atoms with E-state index < -0.39 is 0 Å². The van der Waals surface area contributed by atoms with Gasteiger partial charge in [0.1, 0.15) is 0 Å². The summed E-state index contributed by atoms with van der Waals surface area (Å²) >= 11 is 0. The molecule has 0 radical (unpaired) electrons. The molecule has 2 N–H and O–H groups in total. The lowest BCUT2D eigenvalue weighted by molar-refractivity contribution is 0.0888. The summed E-state index contributed by atoms with van der Waals surface area (Å²) in [6.45, 7) is 6.67. The van der Waals surface area contributed by atoms with Gasteiger partial charge in [0.2, 0.25) is 0 Å². The lowest BCUT2D eigenvalue weighted by Gasteiger charge is -2.12. The molecular weight excluding hydrogens is 282 g/mol. The number of nitrogens with zero attached hydrogens (tertiary/aromatic N) is 1. The fraction of sp³-hybridized carbons (Fsp3) is 0.938. The fourth-order valence-electron chi connectivity index (χ4n) is 2.34. The molecule has 1 heterocycles. The molecule has 1 saturated carbocycles. The summed E-state index contributed by atoms with van der Waals surface area (Å²) in [6.07, 6.45) is 4.79. The molecule has 0 amide bonds. The number of rotatable bonds is 11. The number of ether oxygens (including phenoxy) is 3. The fourth-order valence-corrected chi connectivity index (χ4v) is 2.34. The van der Waals surface area contributed by atoms with Crippen LogP contribution in [0.3, 0.4) is 0 Å². The zero-order valence-electron chi connectivity index (χ0n) is 13.8. The maximum absolute atomic E-state index is 5.67. The van der Waals surface area contributed by atoms with Gasteiger partial charge >= 0.3 is 0 Å². The molecule has 1 aliphatic heterocycles. The van der Waals surface area contributed by atoms with E-state index in [4.69, 9.17) is 14.2 Å². The molecule has 0 aromatic heterocycles. The van der Waals surface area contributed by atoms with Crippen molar-refractivity contribution in [2.24, 2.45) is 16.8 Å². The third-order valence-electron chi connectivity index (χ3n) is 3.95. The Morgan fingerprint density at radius 3 is 2.55 bits per heavy atom. The lowest BCUT2D eigenvalue weighted by Crippen LogP contribution is -2.39. The van der Waals surface area contributed by atoms with Crippen LogP contribution in [-0.4, -0.2) is 65.7 Å². The summed E-state index contributed by atoms with van der Waals surface area (Å²) in [7, 11) is 1.79. The summed E-state index contributed by atoms with van der Waals surface area (Å²) in [4.78, 5) is 4.20. The smallest absolute Gasteiger partial charge is 0.191 e. The van der Waals surface area contributed by atoms with Crippen molar-refractivity contribution in [1.82, 2.24) is 10.6 Å². The Morgan fingerprint density at radius 1 is 1.05 bits per heavy atom. The molecule has 1 saturated heterocycles. The van der Waals surface area contributed by atoms with Crippen LogP contribution < -0.4 is 10.6 Å². The summed E-state index contributed by atoms with van der Waals surface area (Å²) in [5.41, 5.74) is 0. The monoisotopic (exact) mass is 313 g/mol. The molecule has 0 spiro atoms. The maximum Gasteiger partial charge on any atom is 0.191 e. The average molecular weight is 313 g/mol. The molecule has 2 fully saturated rings. The van der Waals surface area contributed by atoms with Crippen LogP contribution in [0.5, 0.6) is 0 Å². The third kappa shape index (κ3) is 7.96. The number of guanidine groups is 1. The number of hydrogen-bond acceptors (Lipinski definition) is 4. The van der Waals surface area contributed by atoms with Crippen LogP contribution in [0.15, 0.2) is 4.99 Å². The first-order valence-electron chi connectivity index (χ1n) is 8.56. The molecule has 0 bridgehead atoms. The second kappa shape index (κ2) is 10.8. The van der Waals surface area contributed by atoms with E-state index in [2.05, 4.69) is 15.6 Å². The van der Waals surface area contributed by atoms with Gasteiger partial charge in [-0.2, -0.15) is 0 Å². The zero-order chi connectivity index (χ0) is 15.5. The van der Waals surface area contributed by atoms with Gasteiger partial charge in [0.25, 0.3) is 0 Å². The second-order valence-corrected chi connectivity index (χ2v) is 6.10. The van der Waals surface area contributed by atoms with Crippen LogP contribution in [0.4, 0.5) is 0 Å². The van der Waals surface area contributed by atoms with Crippen molar-refractivity contribution in [1.29, 1.82) is 0 Å². The summed E-state index contributed by atoms with van der Waals surface area (Å²) < 4.78 is 16.6. The number of nitrogens with one attached hydrogen (secondary N) is 2. The molecule has 2 rings (SSSR count). The highest BCUT2D eigenvalue weighted by atomic mass is 16.5. The topological polar surface area (TPSA) is 64.1 Å². The largest absolute Gasteiger partial charge is 0.381 e. The Morgan fingerprint density at radius 2 is 1.82 bits per heavy atom. The van der Waals surface area contributed by atoms with Gasteiger partial charge in [0, 0.05) is 45.9 Å². The summed E-state index contributed by atoms with van der Waals surface area (Å²) in [5, 5.41) is 6.54. The molecular formula is C16H31N3O3. The van der Waals surface area contributed by atoms with E-state index in [1.165, 1.54) is 12.8 Å². The molecule has 22 heavy (non-hydrogen) atoms. The van der Waals surface area contributed by atoms with Gasteiger partial charge in [-0.1, -0.05) is 0 Å². The van der Waals surface area contributed by atoms with E-state index in [0.29, 0.717) is 5.92 Å². The lowest BCUT2D eigenvalue weighted by atomic mass is 10.1. The first-order chi connectivity index (χ1) is 10.9. The SMILES string of the molecule is CN=C(NCCCOCC1CCOC1)NCCOCC1CC1. The van der Waals surface area contributed by atoms with Crippen molar-refractivity contribution >= 4 is 5.96 Å². The molecule has 2 aliphatic rings. The van der Waals surface area contributed by atoms with Gasteiger partial charge in [-0.15, -0.1) is 0 Å². The summed E-state index contributed by atoms with van der Waals surface area (Å²) in [6, 6.07) is 0. The van der Waals surface area contributed by atoms with Crippen LogP contribution in [0.1, 0.15) is 25.7 Å². The highest BCUT2D eigenvalue weighted by molar-refractivity contribution is 5.79. The molecule has 128 valence electrons. The molecule has 0 aromatic carbocycles. The van der Waals surface area contributed by atoms with Crippen LogP contribution in [0.2, 0.25) is 0 Å². The van der Waals surface area contributed by atoms with Crippen molar-refractivity contribution < 1.29 is 14.2 Å². The highest BCUT2D eigenvalue weighted by Gasteiger charge is 2.20. The highest BCUT2D eigenvalue weighted by Crippen LogP contribution is 2.28. The quantitative estimate of drug-likeness (QED) is 0.339. The van der Waals surface area contributed by atoms with Crippen molar-refractivity contribution in [3.8, 4) is 0 Å². The predicted octanol–water partition coefficient (Wildman–Crippen LogP) is 1.02. The maximum atomic E-state index is 5.67. The second-order valence-electron chi connectivity index (χ2n) is 6.10. The van der Waals surface area contributed by atoms with Crippen molar-refractivity contribution in [2.45, 2.75) is 25.7 Å². The van der Waals surface area contributed by atoms with Crippen LogP contribution in [0.25, 0.3) is 0 Å². The first-order valence-corrected chi connectivity index (χ1v) is 8.56. The minimum Gasteiger partial charge on any atom is -0.381 e. The summed E-state index contributed by atoms with van der Waals surface area (Å²) in [5.74, 6) is 2.26. The van der Waals surface area contributed by atoms with E-state index in [9.17, 15) is 0 Å². The molecule has 6 heteroatoms. The molecule has 1 aliphatic carbocycles. The predicted molar refractivity (Wildman–Crippen MR) is 87.3 cm³/mol. The van der Waals surface area contributed by atoms with Crippen LogP contribution in [0, 0.1) is 11.8 Å². The molecule has 0 aromatic rings. The van der Waals surface area contributed by atoms with Crippen LogP contribution in [-0.2, 0) is 14.2 Å². The Bertz CT molecular complexity index is 316. The van der Waals surface area contributed by atoms with Crippen molar-refractivity contribution in [2.75, 3.05) is 59.8 Å². The number of hydrogen-bond donors (Lipinski definition) is 2. The van der Waals surface area contributed by atoms with Gasteiger partial charge in [0.15, 0.2) is 5.96 Å². The van der Waals surface area contributed by atoms with E-state index in [1.54, 1.807) is 7.05 Å². The first kappa shape index (κ1) is 17.5. The van der Waals surface area contributed by atoms with Crippen molar-refractivity contribution in [3.63, 3.8) is 0 Å². The Balaban J connectivity index is 1.37. The van der Waals surface area contributed by atoms with E-state index in [0.717, 1.165) is 77.4 Å². The van der Waals surface area contributed by atoms with Gasteiger partial charge in [-0.25, -0.2) is 0 Å². The zero-order valence-corrected chi connectivity index (χ0v) is 13.8. The van der Waals surface area contributed by atoms with Gasteiger partial charge in [-0.05, 0) is 31.6 Å². The minimum absolute atomic E-state index is 0.595. The minimum atomic E-state index is 0.595. The molecule has 1 unspecified atom stereocenters. The number of aliphatic imine (C=N–C) groups is 1. The van der Waals surface area contributed by atoms with Gasteiger partial charge in [-0.3, -0.25) is 4.99 Å². The van der Waals surface area contributed by atoms with E-state index in [-0.39, 0.29) is 0 Å². The average Bonchev–Trinajstić information content (AvgIpc) is 3.21. The van der Waals surface area contributed by atoms with E-state index in [1.807, 2.05) is 0 Å². The Kier molecular flexibility index (Phi) is 8.60. The third-order valence-corrected chi connectivity index (χ3v) is 3.95. The van der Waals surface area contributed by atoms with Gasteiger partial charge < -0.3 is 24.8 Å². The van der Waals surface area contributed by atoms with E-state index >= 15 is 0 Å². The standard InChI is InChI=1S/C16H31N3O3/c1-17-16(19-7-10-22-11-14-3-4-14)18-6-2-8-20-12-15-5-9-21-13-15/h14-15H,2-13H2,1H3,(H2,17,18,19). The molecule has 1 atom stereocenters.